The van der Waals surface area contributed by atoms with E-state index in [4.69, 9.17) is 4.74 Å². The van der Waals surface area contributed by atoms with Gasteiger partial charge in [-0.1, -0.05) is 48.5 Å². The number of ether oxygens (including phenoxy) is 1. The molecule has 0 unspecified atom stereocenters. The van der Waals surface area contributed by atoms with E-state index in [-0.39, 0.29) is 12.6 Å². The highest BCUT2D eigenvalue weighted by Gasteiger charge is 2.10. The molecule has 0 saturated heterocycles. The van der Waals surface area contributed by atoms with Gasteiger partial charge in [-0.3, -0.25) is 4.79 Å². The quantitative estimate of drug-likeness (QED) is 0.769. The number of carbonyl (C=O) groups is 1. The van der Waals surface area contributed by atoms with Crippen molar-refractivity contribution < 1.29 is 9.53 Å². The van der Waals surface area contributed by atoms with Crippen LogP contribution < -0.4 is 0 Å². The van der Waals surface area contributed by atoms with Gasteiger partial charge in [-0.15, -0.1) is 0 Å². The third kappa shape index (κ3) is 3.93. The molecule has 2 aromatic rings. The summed E-state index contributed by atoms with van der Waals surface area (Å²) in [5, 5.41) is 0. The Morgan fingerprint density at radius 1 is 1.00 bits per heavy atom. The zero-order valence-electron chi connectivity index (χ0n) is 11.0. The van der Waals surface area contributed by atoms with Crippen LogP contribution in [0.3, 0.4) is 0 Å². The third-order valence-corrected chi connectivity index (χ3v) is 2.76. The second-order valence-electron chi connectivity index (χ2n) is 4.33. The summed E-state index contributed by atoms with van der Waals surface area (Å²) >= 11 is 0. The molecule has 0 aliphatic heterocycles. The topological polar surface area (TPSA) is 29.5 Å². The summed E-state index contributed by atoms with van der Waals surface area (Å²) in [6.45, 7) is 0.788. The van der Waals surface area contributed by atoms with Crippen LogP contribution in [0.25, 0.3) is 0 Å². The first-order valence-corrected chi connectivity index (χ1v) is 6.19. The lowest BCUT2D eigenvalue weighted by atomic mass is 10.2. The summed E-state index contributed by atoms with van der Waals surface area (Å²) in [5.41, 5.74) is 1.77. The second-order valence-corrected chi connectivity index (χ2v) is 4.33. The number of hydrogen-bond acceptors (Lipinski definition) is 2. The summed E-state index contributed by atoms with van der Waals surface area (Å²) in [7, 11) is 1.74. The van der Waals surface area contributed by atoms with E-state index in [0.717, 1.165) is 5.56 Å². The average molecular weight is 255 g/mol. The van der Waals surface area contributed by atoms with E-state index in [1.54, 1.807) is 24.1 Å². The summed E-state index contributed by atoms with van der Waals surface area (Å²) in [6.07, 6.45) is 0. The van der Waals surface area contributed by atoms with Crippen molar-refractivity contribution in [2.75, 3.05) is 13.8 Å². The first kappa shape index (κ1) is 13.3. The Morgan fingerprint density at radius 3 is 2.21 bits per heavy atom. The van der Waals surface area contributed by atoms with E-state index in [9.17, 15) is 4.79 Å². The van der Waals surface area contributed by atoms with Gasteiger partial charge in [-0.2, -0.15) is 0 Å². The highest BCUT2D eigenvalue weighted by Crippen LogP contribution is 2.05. The Labute approximate surface area is 113 Å². The number of carbonyl (C=O) groups excluding carboxylic acids is 1. The van der Waals surface area contributed by atoms with Crippen LogP contribution >= 0.6 is 0 Å². The average Bonchev–Trinajstić information content (AvgIpc) is 2.48. The van der Waals surface area contributed by atoms with Crippen LogP contribution in [0.15, 0.2) is 60.7 Å². The smallest absolute Gasteiger partial charge is 0.255 e. The normalized spacial score (nSPS) is 10.2. The van der Waals surface area contributed by atoms with Gasteiger partial charge in [0.05, 0.1) is 6.61 Å². The third-order valence-electron chi connectivity index (χ3n) is 2.76. The molecule has 0 aromatic heterocycles. The van der Waals surface area contributed by atoms with Crippen molar-refractivity contribution in [1.29, 1.82) is 0 Å². The van der Waals surface area contributed by atoms with Gasteiger partial charge in [0.1, 0.15) is 6.73 Å². The van der Waals surface area contributed by atoms with Crippen molar-refractivity contribution in [2.45, 2.75) is 6.61 Å². The first-order chi connectivity index (χ1) is 9.27. The number of benzene rings is 2. The van der Waals surface area contributed by atoms with Crippen LogP contribution in [0, 0.1) is 0 Å². The molecule has 0 radical (unpaired) electrons. The predicted molar refractivity (Wildman–Crippen MR) is 74.6 cm³/mol. The largest absolute Gasteiger partial charge is 0.356 e. The van der Waals surface area contributed by atoms with Crippen LogP contribution in [-0.4, -0.2) is 24.6 Å². The van der Waals surface area contributed by atoms with Crippen molar-refractivity contribution in [2.24, 2.45) is 0 Å². The van der Waals surface area contributed by atoms with Gasteiger partial charge >= 0.3 is 0 Å². The maximum atomic E-state index is 12.0. The lowest BCUT2D eigenvalue weighted by Crippen LogP contribution is -2.29. The first-order valence-electron chi connectivity index (χ1n) is 6.19. The maximum absolute atomic E-state index is 12.0. The van der Waals surface area contributed by atoms with Crippen LogP contribution in [0.4, 0.5) is 0 Å². The number of rotatable bonds is 5. The lowest BCUT2D eigenvalue weighted by molar-refractivity contribution is 0.0270. The SMILES string of the molecule is CN(COCc1ccccc1)C(=O)c1ccccc1. The standard InChI is InChI=1S/C16H17NO2/c1-17(16(18)15-10-6-3-7-11-15)13-19-12-14-8-4-2-5-9-14/h2-11H,12-13H2,1H3. The highest BCUT2D eigenvalue weighted by atomic mass is 16.5. The molecular formula is C16H17NO2. The molecule has 3 heteroatoms. The fraction of sp³-hybridized carbons (Fsp3) is 0.188. The highest BCUT2D eigenvalue weighted by molar-refractivity contribution is 5.93. The fourth-order valence-electron chi connectivity index (χ4n) is 1.73. The molecule has 0 heterocycles. The lowest BCUT2D eigenvalue weighted by Gasteiger charge is -2.17. The molecule has 1 amide bonds. The van der Waals surface area contributed by atoms with E-state index in [0.29, 0.717) is 12.2 Å². The Bertz CT molecular complexity index is 511. The van der Waals surface area contributed by atoms with Crippen molar-refractivity contribution in [3.63, 3.8) is 0 Å². The molecule has 0 N–H and O–H groups in total. The van der Waals surface area contributed by atoms with E-state index < -0.39 is 0 Å². The molecular weight excluding hydrogens is 238 g/mol. The second kappa shape index (κ2) is 6.71. The van der Waals surface area contributed by atoms with Crippen molar-refractivity contribution in [3.05, 3.63) is 71.8 Å². The van der Waals surface area contributed by atoms with Gasteiger partial charge in [0.25, 0.3) is 5.91 Å². The van der Waals surface area contributed by atoms with Crippen molar-refractivity contribution >= 4 is 5.91 Å². The molecule has 98 valence electrons. The molecule has 0 bridgehead atoms. The summed E-state index contributed by atoms with van der Waals surface area (Å²) < 4.78 is 5.53. The van der Waals surface area contributed by atoms with Gasteiger partial charge in [0.2, 0.25) is 0 Å². The summed E-state index contributed by atoms with van der Waals surface area (Å²) in [6, 6.07) is 19.1. The van der Waals surface area contributed by atoms with E-state index >= 15 is 0 Å². The number of hydrogen-bond donors (Lipinski definition) is 0. The van der Waals surface area contributed by atoms with Gasteiger partial charge in [-0.05, 0) is 17.7 Å². The van der Waals surface area contributed by atoms with Crippen LogP contribution in [0.2, 0.25) is 0 Å². The molecule has 0 spiro atoms. The van der Waals surface area contributed by atoms with Crippen molar-refractivity contribution in [1.82, 2.24) is 4.90 Å². The zero-order chi connectivity index (χ0) is 13.5. The molecule has 0 fully saturated rings. The minimum atomic E-state index is -0.0336. The number of amides is 1. The van der Waals surface area contributed by atoms with Crippen LogP contribution in [-0.2, 0) is 11.3 Å². The molecule has 2 rings (SSSR count). The summed E-state index contributed by atoms with van der Waals surface area (Å²) in [5.74, 6) is -0.0336. The van der Waals surface area contributed by atoms with Crippen molar-refractivity contribution in [3.8, 4) is 0 Å². The predicted octanol–water partition coefficient (Wildman–Crippen LogP) is 2.93. The van der Waals surface area contributed by atoms with E-state index in [2.05, 4.69) is 0 Å². The summed E-state index contributed by atoms with van der Waals surface area (Å²) in [4.78, 5) is 13.6. The Kier molecular flexibility index (Phi) is 4.70. The minimum absolute atomic E-state index is 0.0336. The molecule has 0 aliphatic carbocycles. The van der Waals surface area contributed by atoms with Gasteiger partial charge in [0.15, 0.2) is 0 Å². The zero-order valence-corrected chi connectivity index (χ0v) is 11.0. The molecule has 0 aliphatic rings. The molecule has 0 atom stereocenters. The van der Waals surface area contributed by atoms with Crippen LogP contribution in [0.5, 0.6) is 0 Å². The van der Waals surface area contributed by atoms with E-state index in [1.807, 2.05) is 48.5 Å². The Balaban J connectivity index is 1.82. The number of nitrogens with zero attached hydrogens (tertiary/aromatic N) is 1. The Morgan fingerprint density at radius 2 is 1.58 bits per heavy atom. The van der Waals surface area contributed by atoms with Gasteiger partial charge in [0, 0.05) is 12.6 Å². The van der Waals surface area contributed by atoms with Gasteiger partial charge in [-0.25, -0.2) is 0 Å². The monoisotopic (exact) mass is 255 g/mol. The fourth-order valence-corrected chi connectivity index (χ4v) is 1.73. The van der Waals surface area contributed by atoms with Gasteiger partial charge < -0.3 is 9.64 Å². The molecule has 19 heavy (non-hydrogen) atoms. The molecule has 2 aromatic carbocycles. The molecule has 3 nitrogen and oxygen atoms in total. The van der Waals surface area contributed by atoms with Crippen LogP contribution in [0.1, 0.15) is 15.9 Å². The minimum Gasteiger partial charge on any atom is -0.356 e. The molecule has 0 saturated carbocycles. The maximum Gasteiger partial charge on any atom is 0.255 e. The Hall–Kier alpha value is -2.13. The van der Waals surface area contributed by atoms with E-state index in [1.165, 1.54) is 0 Å².